The fourth-order valence-electron chi connectivity index (χ4n) is 1.05. The number of carboxylic acid groups (broad SMARTS) is 1. The van der Waals surface area contributed by atoms with Gasteiger partial charge in [-0.15, -0.1) is 0 Å². The van der Waals surface area contributed by atoms with Crippen LogP contribution in [0, 0.1) is 0 Å². The van der Waals surface area contributed by atoms with E-state index in [1.165, 1.54) is 10.7 Å². The molecule has 2 rings (SSSR count). The summed E-state index contributed by atoms with van der Waals surface area (Å²) < 4.78 is 1.49. The van der Waals surface area contributed by atoms with E-state index in [1.807, 2.05) is 0 Å². The van der Waals surface area contributed by atoms with Gasteiger partial charge in [0.15, 0.2) is 5.65 Å². The molecule has 0 aliphatic rings. The number of hydrogen-bond donors (Lipinski definition) is 2. The molecule has 0 radical (unpaired) electrons. The molecule has 0 saturated heterocycles. The van der Waals surface area contributed by atoms with Gasteiger partial charge in [-0.05, 0) is 6.07 Å². The Hall–Kier alpha value is -2.11. The molecule has 0 fully saturated rings. The van der Waals surface area contributed by atoms with Crippen molar-refractivity contribution in [3.05, 3.63) is 24.7 Å². The zero-order valence-corrected chi connectivity index (χ0v) is 6.51. The van der Waals surface area contributed by atoms with Crippen molar-refractivity contribution in [2.45, 2.75) is 0 Å². The summed E-state index contributed by atoms with van der Waals surface area (Å²) in [6.45, 7) is 0. The Morgan fingerprint density at radius 3 is 3.15 bits per heavy atom. The van der Waals surface area contributed by atoms with Crippen LogP contribution in [-0.2, 0) is 0 Å². The molecule has 0 aliphatic heterocycles. The lowest BCUT2D eigenvalue weighted by Gasteiger charge is -2.00. The van der Waals surface area contributed by atoms with Crippen molar-refractivity contribution in [1.29, 1.82) is 0 Å². The minimum atomic E-state index is -1.11. The molecule has 6 heteroatoms. The summed E-state index contributed by atoms with van der Waals surface area (Å²) in [6.07, 6.45) is 3.58. The lowest BCUT2D eigenvalue weighted by atomic mass is 10.4. The Kier molecular flexibility index (Phi) is 1.59. The first-order valence-electron chi connectivity index (χ1n) is 3.55. The van der Waals surface area contributed by atoms with Crippen molar-refractivity contribution in [1.82, 2.24) is 14.6 Å². The van der Waals surface area contributed by atoms with E-state index in [0.29, 0.717) is 11.3 Å². The molecule has 1 amide bonds. The fraction of sp³-hybridized carbons (Fsp3) is 0. The minimum Gasteiger partial charge on any atom is -0.465 e. The van der Waals surface area contributed by atoms with Crippen LogP contribution in [0.3, 0.4) is 0 Å². The lowest BCUT2D eigenvalue weighted by Crippen LogP contribution is -2.08. The van der Waals surface area contributed by atoms with Gasteiger partial charge in [0.05, 0.1) is 11.9 Å². The Bertz CT molecular complexity index is 450. The van der Waals surface area contributed by atoms with E-state index in [9.17, 15) is 4.79 Å². The molecule has 0 aliphatic carbocycles. The van der Waals surface area contributed by atoms with Crippen molar-refractivity contribution >= 4 is 17.4 Å². The molecule has 0 spiro atoms. The van der Waals surface area contributed by atoms with Crippen LogP contribution in [0.4, 0.5) is 10.5 Å². The number of amides is 1. The maximum absolute atomic E-state index is 10.4. The smallest absolute Gasteiger partial charge is 0.409 e. The summed E-state index contributed by atoms with van der Waals surface area (Å²) in [5.74, 6) is 0. The van der Waals surface area contributed by atoms with Gasteiger partial charge in [0.2, 0.25) is 0 Å². The summed E-state index contributed by atoms with van der Waals surface area (Å²) >= 11 is 0. The Balaban J connectivity index is 2.54. The van der Waals surface area contributed by atoms with Crippen LogP contribution in [0.5, 0.6) is 0 Å². The van der Waals surface area contributed by atoms with Crippen LogP contribution in [0.1, 0.15) is 0 Å². The molecule has 0 bridgehead atoms. The molecule has 2 aromatic heterocycles. The predicted molar refractivity (Wildman–Crippen MR) is 44.6 cm³/mol. The highest BCUT2D eigenvalue weighted by Crippen LogP contribution is 2.11. The number of nitrogens with one attached hydrogen (secondary N) is 1. The SMILES string of the molecule is O=C(O)Nc1ccnn2ccnc12. The highest BCUT2D eigenvalue weighted by Gasteiger charge is 2.04. The van der Waals surface area contributed by atoms with Gasteiger partial charge >= 0.3 is 6.09 Å². The first-order valence-corrected chi connectivity index (χ1v) is 3.55. The van der Waals surface area contributed by atoms with Crippen LogP contribution >= 0.6 is 0 Å². The molecule has 2 heterocycles. The Labute approximate surface area is 72.8 Å². The normalized spacial score (nSPS) is 10.2. The number of anilines is 1. The second-order valence-electron chi connectivity index (χ2n) is 2.37. The third-order valence-electron chi connectivity index (χ3n) is 1.54. The molecule has 0 saturated carbocycles. The zero-order valence-electron chi connectivity index (χ0n) is 6.51. The number of aromatic nitrogens is 3. The maximum atomic E-state index is 10.4. The van der Waals surface area contributed by atoms with Gasteiger partial charge in [-0.25, -0.2) is 14.3 Å². The highest BCUT2D eigenvalue weighted by atomic mass is 16.4. The van der Waals surface area contributed by atoms with Gasteiger partial charge in [-0.1, -0.05) is 0 Å². The van der Waals surface area contributed by atoms with Crippen molar-refractivity contribution in [3.63, 3.8) is 0 Å². The van der Waals surface area contributed by atoms with E-state index in [-0.39, 0.29) is 0 Å². The van der Waals surface area contributed by atoms with Crippen molar-refractivity contribution in [2.75, 3.05) is 5.32 Å². The summed E-state index contributed by atoms with van der Waals surface area (Å²) in [4.78, 5) is 14.3. The molecule has 0 atom stereocenters. The molecule has 2 aromatic rings. The largest absolute Gasteiger partial charge is 0.465 e. The average molecular weight is 178 g/mol. The van der Waals surface area contributed by atoms with Crippen molar-refractivity contribution in [2.24, 2.45) is 0 Å². The highest BCUT2D eigenvalue weighted by molar-refractivity contribution is 5.87. The van der Waals surface area contributed by atoms with E-state index in [1.54, 1.807) is 18.5 Å². The quantitative estimate of drug-likeness (QED) is 0.677. The number of fused-ring (bicyclic) bond motifs is 1. The summed E-state index contributed by atoms with van der Waals surface area (Å²) in [6, 6.07) is 1.55. The standard InChI is InChI=1S/C7H6N4O2/c12-7(13)10-5-1-2-9-11-4-3-8-6(5)11/h1-4,10H,(H,12,13). The van der Waals surface area contributed by atoms with Gasteiger partial charge in [-0.3, -0.25) is 5.32 Å². The molecular formula is C7H6N4O2. The van der Waals surface area contributed by atoms with E-state index in [2.05, 4.69) is 15.4 Å². The fourth-order valence-corrected chi connectivity index (χ4v) is 1.05. The first-order chi connectivity index (χ1) is 6.27. The monoisotopic (exact) mass is 178 g/mol. The third-order valence-corrected chi connectivity index (χ3v) is 1.54. The molecular weight excluding hydrogens is 172 g/mol. The topological polar surface area (TPSA) is 79.5 Å². The number of rotatable bonds is 1. The van der Waals surface area contributed by atoms with Gasteiger partial charge in [0.1, 0.15) is 0 Å². The molecule has 0 aromatic carbocycles. The molecule has 0 unspecified atom stereocenters. The summed E-state index contributed by atoms with van der Waals surface area (Å²) in [5, 5.41) is 14.7. The maximum Gasteiger partial charge on any atom is 0.409 e. The van der Waals surface area contributed by atoms with Gasteiger partial charge < -0.3 is 5.11 Å². The van der Waals surface area contributed by atoms with E-state index < -0.39 is 6.09 Å². The Morgan fingerprint density at radius 1 is 1.54 bits per heavy atom. The lowest BCUT2D eigenvalue weighted by molar-refractivity contribution is 0.210. The molecule has 2 N–H and O–H groups in total. The van der Waals surface area contributed by atoms with E-state index in [0.717, 1.165) is 0 Å². The number of nitrogens with zero attached hydrogens (tertiary/aromatic N) is 3. The van der Waals surface area contributed by atoms with E-state index in [4.69, 9.17) is 5.11 Å². The number of hydrogen-bond acceptors (Lipinski definition) is 3. The van der Waals surface area contributed by atoms with Crippen LogP contribution in [0.25, 0.3) is 5.65 Å². The van der Waals surface area contributed by atoms with Crippen LogP contribution in [0.15, 0.2) is 24.7 Å². The first kappa shape index (κ1) is 7.53. The summed E-state index contributed by atoms with van der Waals surface area (Å²) in [7, 11) is 0. The second kappa shape index (κ2) is 2.74. The average Bonchev–Trinajstić information content (AvgIpc) is 2.51. The predicted octanol–water partition coefficient (Wildman–Crippen LogP) is 0.819. The number of carbonyl (C=O) groups is 1. The van der Waals surface area contributed by atoms with E-state index >= 15 is 0 Å². The van der Waals surface area contributed by atoms with Crippen LogP contribution < -0.4 is 5.32 Å². The van der Waals surface area contributed by atoms with Crippen molar-refractivity contribution < 1.29 is 9.90 Å². The minimum absolute atomic E-state index is 0.424. The van der Waals surface area contributed by atoms with Gasteiger partial charge in [0.25, 0.3) is 0 Å². The molecule has 6 nitrogen and oxygen atoms in total. The second-order valence-corrected chi connectivity index (χ2v) is 2.37. The van der Waals surface area contributed by atoms with Crippen LogP contribution in [-0.4, -0.2) is 25.8 Å². The van der Waals surface area contributed by atoms with Gasteiger partial charge in [-0.2, -0.15) is 5.10 Å². The summed E-state index contributed by atoms with van der Waals surface area (Å²) in [5.41, 5.74) is 0.914. The number of imidazole rings is 1. The van der Waals surface area contributed by atoms with Gasteiger partial charge in [0, 0.05) is 12.4 Å². The zero-order chi connectivity index (χ0) is 9.26. The van der Waals surface area contributed by atoms with Crippen LogP contribution in [0.2, 0.25) is 0 Å². The third kappa shape index (κ3) is 1.28. The molecule has 13 heavy (non-hydrogen) atoms. The Morgan fingerprint density at radius 2 is 2.38 bits per heavy atom. The molecule has 66 valence electrons. The van der Waals surface area contributed by atoms with Crippen molar-refractivity contribution in [3.8, 4) is 0 Å².